The van der Waals surface area contributed by atoms with Crippen LogP contribution < -0.4 is 5.32 Å². The van der Waals surface area contributed by atoms with Crippen LogP contribution in [-0.4, -0.2) is 50.2 Å². The summed E-state index contributed by atoms with van der Waals surface area (Å²) in [5, 5.41) is 3.22. The number of ether oxygens (including phenoxy) is 1. The van der Waals surface area contributed by atoms with Crippen molar-refractivity contribution < 1.29 is 9.53 Å². The molecule has 0 aliphatic heterocycles. The van der Waals surface area contributed by atoms with Crippen LogP contribution in [0.1, 0.15) is 19.4 Å². The van der Waals surface area contributed by atoms with Gasteiger partial charge in [-0.2, -0.15) is 0 Å². The first kappa shape index (κ1) is 16.7. The zero-order chi connectivity index (χ0) is 15.0. The van der Waals surface area contributed by atoms with Gasteiger partial charge in [0.15, 0.2) is 0 Å². The molecule has 0 aliphatic carbocycles. The largest absolute Gasteiger partial charge is 0.468 e. The van der Waals surface area contributed by atoms with Crippen molar-refractivity contribution in [2.45, 2.75) is 25.8 Å². The highest BCUT2D eigenvalue weighted by Gasteiger charge is 2.34. The van der Waals surface area contributed by atoms with E-state index in [-0.39, 0.29) is 5.97 Å². The maximum Gasteiger partial charge on any atom is 0.327 e. The summed E-state index contributed by atoms with van der Waals surface area (Å²) in [5.41, 5.74) is 0.650. The molecule has 0 bridgehead atoms. The molecule has 4 heteroatoms. The zero-order valence-corrected chi connectivity index (χ0v) is 13.0. The van der Waals surface area contributed by atoms with Gasteiger partial charge in [-0.25, -0.2) is 0 Å². The van der Waals surface area contributed by atoms with Gasteiger partial charge < -0.3 is 15.0 Å². The lowest BCUT2D eigenvalue weighted by Gasteiger charge is -2.32. The van der Waals surface area contributed by atoms with Gasteiger partial charge in [0.25, 0.3) is 0 Å². The number of hydrogen-bond donors (Lipinski definition) is 1. The van der Waals surface area contributed by atoms with Gasteiger partial charge in [-0.1, -0.05) is 37.3 Å². The Hall–Kier alpha value is -1.39. The highest BCUT2D eigenvalue weighted by Crippen LogP contribution is 2.09. The summed E-state index contributed by atoms with van der Waals surface area (Å²) in [5.74, 6) is -0.217. The molecule has 0 radical (unpaired) electrons. The monoisotopic (exact) mass is 278 g/mol. The molecule has 0 aliphatic rings. The molecular formula is C16H26N2O2. The molecule has 0 spiro atoms. The van der Waals surface area contributed by atoms with Crippen molar-refractivity contribution in [3.63, 3.8) is 0 Å². The van der Waals surface area contributed by atoms with E-state index in [1.807, 2.05) is 39.1 Å². The molecule has 0 fully saturated rings. The first-order chi connectivity index (χ1) is 9.51. The lowest BCUT2D eigenvalue weighted by atomic mass is 10.0. The smallest absolute Gasteiger partial charge is 0.327 e. The van der Waals surface area contributed by atoms with E-state index in [4.69, 9.17) is 4.74 Å². The number of rotatable bonds is 8. The number of esters is 1. The third kappa shape index (κ3) is 4.94. The van der Waals surface area contributed by atoms with Gasteiger partial charge in [0.1, 0.15) is 5.54 Å². The second-order valence-corrected chi connectivity index (χ2v) is 5.33. The zero-order valence-electron chi connectivity index (χ0n) is 13.0. The Morgan fingerprint density at radius 3 is 2.55 bits per heavy atom. The number of hydrogen-bond acceptors (Lipinski definition) is 4. The maximum atomic E-state index is 11.9. The fourth-order valence-electron chi connectivity index (χ4n) is 2.39. The third-order valence-electron chi connectivity index (χ3n) is 3.41. The van der Waals surface area contributed by atoms with Crippen LogP contribution in [0.2, 0.25) is 0 Å². The van der Waals surface area contributed by atoms with Crippen LogP contribution in [0.4, 0.5) is 0 Å². The summed E-state index contributed by atoms with van der Waals surface area (Å²) in [4.78, 5) is 14.1. The highest BCUT2D eigenvalue weighted by molar-refractivity contribution is 5.80. The second-order valence-electron chi connectivity index (χ2n) is 5.33. The van der Waals surface area contributed by atoms with E-state index in [0.29, 0.717) is 6.54 Å². The van der Waals surface area contributed by atoms with Crippen molar-refractivity contribution in [3.8, 4) is 0 Å². The Kier molecular flexibility index (Phi) is 6.68. The fraction of sp³-hybridized carbons (Fsp3) is 0.562. The molecule has 0 heterocycles. The Morgan fingerprint density at radius 2 is 2.00 bits per heavy atom. The molecule has 0 amide bonds. The minimum atomic E-state index is -0.658. The Morgan fingerprint density at radius 1 is 1.35 bits per heavy atom. The van der Waals surface area contributed by atoms with E-state index in [0.717, 1.165) is 19.5 Å². The van der Waals surface area contributed by atoms with Crippen LogP contribution >= 0.6 is 0 Å². The SMILES string of the molecule is CCNC(C)(CN(C)CCc1ccccc1)C(=O)OC. The van der Waals surface area contributed by atoms with Crippen molar-refractivity contribution in [1.29, 1.82) is 0 Å². The third-order valence-corrected chi connectivity index (χ3v) is 3.41. The van der Waals surface area contributed by atoms with Crippen LogP contribution in [0.15, 0.2) is 30.3 Å². The topological polar surface area (TPSA) is 41.6 Å². The number of benzene rings is 1. The number of nitrogens with zero attached hydrogens (tertiary/aromatic N) is 1. The average Bonchev–Trinajstić information content (AvgIpc) is 2.45. The van der Waals surface area contributed by atoms with Crippen LogP contribution in [0.25, 0.3) is 0 Å². The van der Waals surface area contributed by atoms with Crippen LogP contribution in [0, 0.1) is 0 Å². The summed E-state index contributed by atoms with van der Waals surface area (Å²) in [6, 6.07) is 10.4. The van der Waals surface area contributed by atoms with Gasteiger partial charge in [-0.3, -0.25) is 4.79 Å². The molecule has 1 N–H and O–H groups in total. The van der Waals surface area contributed by atoms with Gasteiger partial charge in [-0.05, 0) is 32.5 Å². The number of nitrogens with one attached hydrogen (secondary N) is 1. The van der Waals surface area contributed by atoms with E-state index < -0.39 is 5.54 Å². The Bertz CT molecular complexity index is 408. The number of likely N-dealkylation sites (N-methyl/N-ethyl adjacent to an activating group) is 2. The minimum Gasteiger partial charge on any atom is -0.468 e. The van der Waals surface area contributed by atoms with Gasteiger partial charge in [0.05, 0.1) is 7.11 Å². The highest BCUT2D eigenvalue weighted by atomic mass is 16.5. The molecule has 1 aromatic rings. The van der Waals surface area contributed by atoms with Gasteiger partial charge in [0, 0.05) is 13.1 Å². The molecule has 20 heavy (non-hydrogen) atoms. The Labute approximate surface area is 122 Å². The molecule has 0 aromatic heterocycles. The maximum absolute atomic E-state index is 11.9. The first-order valence-corrected chi connectivity index (χ1v) is 7.07. The van der Waals surface area contributed by atoms with E-state index in [9.17, 15) is 4.79 Å². The summed E-state index contributed by atoms with van der Waals surface area (Å²) < 4.78 is 4.90. The van der Waals surface area contributed by atoms with Gasteiger partial charge in [0.2, 0.25) is 0 Å². The van der Waals surface area contributed by atoms with Crippen LogP contribution in [-0.2, 0) is 16.0 Å². The van der Waals surface area contributed by atoms with Crippen molar-refractivity contribution in [1.82, 2.24) is 10.2 Å². The standard InChI is InChI=1S/C16H26N2O2/c1-5-17-16(2,15(19)20-4)13-18(3)12-11-14-9-7-6-8-10-14/h6-10,17H,5,11-13H2,1-4H3. The molecule has 1 rings (SSSR count). The molecular weight excluding hydrogens is 252 g/mol. The Balaban J connectivity index is 2.54. The summed E-state index contributed by atoms with van der Waals surface area (Å²) in [7, 11) is 3.46. The predicted molar refractivity (Wildman–Crippen MR) is 81.7 cm³/mol. The molecule has 1 aromatic carbocycles. The summed E-state index contributed by atoms with van der Waals surface area (Å²) >= 11 is 0. The quantitative estimate of drug-likeness (QED) is 0.735. The first-order valence-electron chi connectivity index (χ1n) is 7.07. The molecule has 4 nitrogen and oxygen atoms in total. The van der Waals surface area contributed by atoms with Gasteiger partial charge >= 0.3 is 5.97 Å². The number of carbonyl (C=O) groups is 1. The van der Waals surface area contributed by atoms with Crippen molar-refractivity contribution in [2.75, 3.05) is 33.8 Å². The molecule has 1 atom stereocenters. The fourth-order valence-corrected chi connectivity index (χ4v) is 2.39. The van der Waals surface area contributed by atoms with Crippen molar-refractivity contribution >= 4 is 5.97 Å². The molecule has 0 saturated carbocycles. The number of methoxy groups -OCH3 is 1. The van der Waals surface area contributed by atoms with E-state index >= 15 is 0 Å². The lowest BCUT2D eigenvalue weighted by Crippen LogP contribution is -2.57. The van der Waals surface area contributed by atoms with E-state index in [1.54, 1.807) is 0 Å². The average molecular weight is 278 g/mol. The second kappa shape index (κ2) is 8.02. The molecule has 112 valence electrons. The predicted octanol–water partition coefficient (Wildman–Crippen LogP) is 1.70. The summed E-state index contributed by atoms with van der Waals surface area (Å²) in [6.07, 6.45) is 0.973. The van der Waals surface area contributed by atoms with Crippen LogP contribution in [0.5, 0.6) is 0 Å². The van der Waals surface area contributed by atoms with Crippen molar-refractivity contribution in [3.05, 3.63) is 35.9 Å². The van der Waals surface area contributed by atoms with Crippen LogP contribution in [0.3, 0.4) is 0 Å². The lowest BCUT2D eigenvalue weighted by molar-refractivity contribution is -0.148. The number of carbonyl (C=O) groups excluding carboxylic acids is 1. The van der Waals surface area contributed by atoms with E-state index in [2.05, 4.69) is 22.3 Å². The normalized spacial score (nSPS) is 14.1. The summed E-state index contributed by atoms with van der Waals surface area (Å²) in [6.45, 7) is 6.15. The van der Waals surface area contributed by atoms with Crippen molar-refractivity contribution in [2.24, 2.45) is 0 Å². The van der Waals surface area contributed by atoms with E-state index in [1.165, 1.54) is 12.7 Å². The minimum absolute atomic E-state index is 0.217. The molecule has 1 unspecified atom stereocenters. The molecule has 0 saturated heterocycles. The van der Waals surface area contributed by atoms with Gasteiger partial charge in [-0.15, -0.1) is 0 Å².